The molecular formula is C12H16ClNO3. The summed E-state index contributed by atoms with van der Waals surface area (Å²) in [7, 11) is 3.01. The Hall–Kier alpha value is -1.26. The van der Waals surface area contributed by atoms with E-state index in [0.717, 1.165) is 18.4 Å². The molecule has 0 heterocycles. The fraction of sp³-hybridized carbons (Fsp3) is 0.417. The number of hydrogen-bond donors (Lipinski definition) is 1. The summed E-state index contributed by atoms with van der Waals surface area (Å²) in [5.74, 6) is 0.925. The molecule has 4 nitrogen and oxygen atoms in total. The Morgan fingerprint density at radius 2 is 2.00 bits per heavy atom. The van der Waals surface area contributed by atoms with E-state index >= 15 is 0 Å². The molecule has 0 unspecified atom stereocenters. The van der Waals surface area contributed by atoms with Crippen molar-refractivity contribution in [3.05, 3.63) is 22.2 Å². The number of hydrogen-bond acceptors (Lipinski definition) is 4. The molecule has 0 bridgehead atoms. The second kappa shape index (κ2) is 6.47. The number of aldehydes is 1. The topological polar surface area (TPSA) is 61.5 Å². The van der Waals surface area contributed by atoms with Crippen LogP contribution in [0.1, 0.15) is 22.3 Å². The number of nitrogens with two attached hydrogens (primary N) is 1. The minimum absolute atomic E-state index is 0.308. The molecule has 0 aliphatic heterocycles. The van der Waals surface area contributed by atoms with E-state index in [1.54, 1.807) is 6.07 Å². The SMILES string of the molecule is COc1c(CCCN)cc(Cl)c(C=O)c1OC. The highest BCUT2D eigenvalue weighted by Gasteiger charge is 2.18. The predicted octanol–water partition coefficient (Wildman–Crippen LogP) is 2.06. The largest absolute Gasteiger partial charge is 0.493 e. The predicted molar refractivity (Wildman–Crippen MR) is 67.3 cm³/mol. The van der Waals surface area contributed by atoms with Crippen molar-refractivity contribution in [2.75, 3.05) is 20.8 Å². The van der Waals surface area contributed by atoms with E-state index in [-0.39, 0.29) is 0 Å². The number of aryl methyl sites for hydroxylation is 1. The lowest BCUT2D eigenvalue weighted by atomic mass is 10.0. The molecule has 0 spiro atoms. The second-order valence-corrected chi connectivity index (χ2v) is 3.91. The molecule has 0 atom stereocenters. The van der Waals surface area contributed by atoms with Crippen LogP contribution in [-0.2, 0) is 6.42 Å². The average molecular weight is 258 g/mol. The molecule has 1 aromatic rings. The Bertz CT molecular complexity index is 407. The number of carbonyl (C=O) groups excluding carboxylic acids is 1. The van der Waals surface area contributed by atoms with Gasteiger partial charge in [0, 0.05) is 0 Å². The number of ether oxygens (including phenoxy) is 2. The van der Waals surface area contributed by atoms with Crippen molar-refractivity contribution in [1.29, 1.82) is 0 Å². The third-order valence-electron chi connectivity index (χ3n) is 2.48. The summed E-state index contributed by atoms with van der Waals surface area (Å²) in [6.45, 7) is 0.582. The van der Waals surface area contributed by atoms with Crippen molar-refractivity contribution in [3.63, 3.8) is 0 Å². The normalized spacial score (nSPS) is 10.1. The van der Waals surface area contributed by atoms with E-state index in [0.29, 0.717) is 34.9 Å². The Morgan fingerprint density at radius 1 is 1.35 bits per heavy atom. The third kappa shape index (κ3) is 2.90. The quantitative estimate of drug-likeness (QED) is 0.793. The van der Waals surface area contributed by atoms with Crippen LogP contribution >= 0.6 is 11.6 Å². The minimum atomic E-state index is 0.308. The first-order valence-electron chi connectivity index (χ1n) is 5.28. The van der Waals surface area contributed by atoms with Crippen molar-refractivity contribution in [3.8, 4) is 11.5 Å². The van der Waals surface area contributed by atoms with Gasteiger partial charge in [0.15, 0.2) is 17.8 Å². The molecular weight excluding hydrogens is 242 g/mol. The summed E-state index contributed by atoms with van der Waals surface area (Å²) in [6, 6.07) is 1.72. The maximum atomic E-state index is 11.0. The fourth-order valence-electron chi connectivity index (χ4n) is 1.69. The first-order valence-corrected chi connectivity index (χ1v) is 5.66. The highest BCUT2D eigenvalue weighted by atomic mass is 35.5. The summed E-state index contributed by atoms with van der Waals surface area (Å²) in [5, 5.41) is 0.365. The van der Waals surface area contributed by atoms with Crippen molar-refractivity contribution < 1.29 is 14.3 Å². The summed E-state index contributed by atoms with van der Waals surface area (Å²) in [4.78, 5) is 11.0. The van der Waals surface area contributed by atoms with E-state index in [1.807, 2.05) is 0 Å². The van der Waals surface area contributed by atoms with Gasteiger partial charge < -0.3 is 15.2 Å². The Balaban J connectivity index is 3.31. The minimum Gasteiger partial charge on any atom is -0.493 e. The van der Waals surface area contributed by atoms with Crippen LogP contribution < -0.4 is 15.2 Å². The first-order chi connectivity index (χ1) is 8.19. The number of methoxy groups -OCH3 is 2. The van der Waals surface area contributed by atoms with Crippen LogP contribution in [0.2, 0.25) is 5.02 Å². The van der Waals surface area contributed by atoms with Crippen molar-refractivity contribution >= 4 is 17.9 Å². The van der Waals surface area contributed by atoms with Crippen LogP contribution in [0.5, 0.6) is 11.5 Å². The molecule has 1 aromatic carbocycles. The molecule has 17 heavy (non-hydrogen) atoms. The van der Waals surface area contributed by atoms with Gasteiger partial charge in [-0.1, -0.05) is 11.6 Å². The van der Waals surface area contributed by atoms with Gasteiger partial charge in [-0.3, -0.25) is 4.79 Å². The smallest absolute Gasteiger partial charge is 0.173 e. The lowest BCUT2D eigenvalue weighted by Crippen LogP contribution is -2.04. The van der Waals surface area contributed by atoms with E-state index in [2.05, 4.69) is 0 Å². The molecule has 94 valence electrons. The summed E-state index contributed by atoms with van der Waals surface area (Å²) >= 11 is 6.02. The maximum Gasteiger partial charge on any atom is 0.173 e. The number of carbonyl (C=O) groups is 1. The average Bonchev–Trinajstić information content (AvgIpc) is 2.35. The molecule has 0 aliphatic carbocycles. The van der Waals surface area contributed by atoms with Gasteiger partial charge in [-0.05, 0) is 31.0 Å². The summed E-state index contributed by atoms with van der Waals surface area (Å²) < 4.78 is 10.5. The standard InChI is InChI=1S/C12H16ClNO3/c1-16-11-8(4-3-5-14)6-10(13)9(7-15)12(11)17-2/h6-7H,3-5,14H2,1-2H3. The van der Waals surface area contributed by atoms with Crippen LogP contribution in [0, 0.1) is 0 Å². The zero-order valence-corrected chi connectivity index (χ0v) is 10.7. The van der Waals surface area contributed by atoms with Gasteiger partial charge in [0.2, 0.25) is 0 Å². The van der Waals surface area contributed by atoms with Crippen molar-refractivity contribution in [1.82, 2.24) is 0 Å². The van der Waals surface area contributed by atoms with Crippen LogP contribution in [0.15, 0.2) is 6.07 Å². The summed E-state index contributed by atoms with van der Waals surface area (Å²) in [6.07, 6.45) is 2.21. The highest BCUT2D eigenvalue weighted by Crippen LogP contribution is 2.38. The molecule has 2 N–H and O–H groups in total. The first kappa shape index (κ1) is 13.8. The molecule has 0 amide bonds. The molecule has 1 rings (SSSR count). The monoisotopic (exact) mass is 257 g/mol. The van der Waals surface area contributed by atoms with Crippen LogP contribution in [-0.4, -0.2) is 27.1 Å². The van der Waals surface area contributed by atoms with Crippen molar-refractivity contribution in [2.45, 2.75) is 12.8 Å². The Morgan fingerprint density at radius 3 is 2.47 bits per heavy atom. The molecule has 0 aromatic heterocycles. The molecule has 0 radical (unpaired) electrons. The molecule has 0 saturated carbocycles. The Kier molecular flexibility index (Phi) is 5.25. The van der Waals surface area contributed by atoms with Crippen LogP contribution in [0.3, 0.4) is 0 Å². The highest BCUT2D eigenvalue weighted by molar-refractivity contribution is 6.33. The van der Waals surface area contributed by atoms with Crippen LogP contribution in [0.4, 0.5) is 0 Å². The number of rotatable bonds is 6. The van der Waals surface area contributed by atoms with E-state index in [4.69, 9.17) is 26.8 Å². The van der Waals surface area contributed by atoms with Gasteiger partial charge in [-0.2, -0.15) is 0 Å². The van der Waals surface area contributed by atoms with E-state index in [9.17, 15) is 4.79 Å². The third-order valence-corrected chi connectivity index (χ3v) is 2.79. The van der Waals surface area contributed by atoms with Gasteiger partial charge in [0.25, 0.3) is 0 Å². The zero-order chi connectivity index (χ0) is 12.8. The van der Waals surface area contributed by atoms with Crippen molar-refractivity contribution in [2.24, 2.45) is 5.73 Å². The second-order valence-electron chi connectivity index (χ2n) is 3.51. The Labute approximate surface area is 106 Å². The molecule has 0 aliphatic rings. The van der Waals surface area contributed by atoms with E-state index < -0.39 is 0 Å². The number of halogens is 1. The molecule has 0 saturated heterocycles. The summed E-state index contributed by atoms with van der Waals surface area (Å²) in [5.41, 5.74) is 6.67. The van der Waals surface area contributed by atoms with Gasteiger partial charge >= 0.3 is 0 Å². The van der Waals surface area contributed by atoms with Gasteiger partial charge in [0.05, 0.1) is 24.8 Å². The van der Waals surface area contributed by atoms with Crippen LogP contribution in [0.25, 0.3) is 0 Å². The lowest BCUT2D eigenvalue weighted by molar-refractivity contribution is 0.112. The van der Waals surface area contributed by atoms with Gasteiger partial charge in [-0.15, -0.1) is 0 Å². The number of benzene rings is 1. The van der Waals surface area contributed by atoms with Gasteiger partial charge in [-0.25, -0.2) is 0 Å². The zero-order valence-electron chi connectivity index (χ0n) is 9.96. The fourth-order valence-corrected chi connectivity index (χ4v) is 1.95. The molecule has 5 heteroatoms. The lowest BCUT2D eigenvalue weighted by Gasteiger charge is -2.15. The molecule has 0 fully saturated rings. The van der Waals surface area contributed by atoms with E-state index in [1.165, 1.54) is 14.2 Å². The maximum absolute atomic E-state index is 11.0. The van der Waals surface area contributed by atoms with Gasteiger partial charge in [0.1, 0.15) is 0 Å².